The Bertz CT molecular complexity index is 667. The van der Waals surface area contributed by atoms with Crippen molar-refractivity contribution in [3.05, 3.63) is 59.7 Å². The maximum absolute atomic E-state index is 11.2. The second-order valence-corrected chi connectivity index (χ2v) is 4.53. The van der Waals surface area contributed by atoms with E-state index in [1.54, 1.807) is 24.3 Å². The second kappa shape index (κ2) is 6.56. The van der Waals surface area contributed by atoms with Gasteiger partial charge in [-0.15, -0.1) is 0 Å². The van der Waals surface area contributed by atoms with Gasteiger partial charge < -0.3 is 15.5 Å². The van der Waals surface area contributed by atoms with Crippen LogP contribution in [-0.2, 0) is 11.2 Å². The van der Waals surface area contributed by atoms with Crippen LogP contribution in [-0.4, -0.2) is 22.2 Å². The molecule has 0 fully saturated rings. The van der Waals surface area contributed by atoms with Crippen LogP contribution in [0.5, 0.6) is 0 Å². The number of aromatic carboxylic acids is 1. The second-order valence-electron chi connectivity index (χ2n) is 4.53. The van der Waals surface area contributed by atoms with Crippen molar-refractivity contribution in [2.75, 3.05) is 5.32 Å². The molecule has 0 aromatic heterocycles. The van der Waals surface area contributed by atoms with Crippen molar-refractivity contribution in [2.45, 2.75) is 12.8 Å². The fourth-order valence-electron chi connectivity index (χ4n) is 2.03. The monoisotopic (exact) mass is 285 g/mol. The number of nitrogens with one attached hydrogen (secondary N) is 1. The number of carboxylic acids is 2. The predicted octanol–water partition coefficient (Wildman–Crippen LogP) is 3.15. The van der Waals surface area contributed by atoms with E-state index in [0.717, 1.165) is 5.56 Å². The molecule has 2 rings (SSSR count). The number of anilines is 2. The molecule has 0 heterocycles. The molecule has 0 saturated heterocycles. The first-order valence-corrected chi connectivity index (χ1v) is 6.47. The summed E-state index contributed by atoms with van der Waals surface area (Å²) in [5.41, 5.74) is 2.20. The highest BCUT2D eigenvalue weighted by Crippen LogP contribution is 2.24. The predicted molar refractivity (Wildman–Crippen MR) is 79.1 cm³/mol. The molecule has 108 valence electrons. The maximum Gasteiger partial charge on any atom is 0.337 e. The van der Waals surface area contributed by atoms with E-state index in [4.69, 9.17) is 5.11 Å². The molecule has 0 atom stereocenters. The zero-order chi connectivity index (χ0) is 15.2. The van der Waals surface area contributed by atoms with Crippen LogP contribution in [0.25, 0.3) is 0 Å². The third-order valence-electron chi connectivity index (χ3n) is 3.05. The first kappa shape index (κ1) is 14.6. The molecule has 2 aromatic carbocycles. The van der Waals surface area contributed by atoms with Gasteiger partial charge >= 0.3 is 11.9 Å². The Balaban J connectivity index is 2.28. The fraction of sp³-hybridized carbons (Fsp3) is 0.125. The average Bonchev–Trinajstić information content (AvgIpc) is 2.46. The van der Waals surface area contributed by atoms with Gasteiger partial charge in [0, 0.05) is 12.1 Å². The lowest BCUT2D eigenvalue weighted by atomic mass is 10.1. The lowest BCUT2D eigenvalue weighted by Gasteiger charge is -2.13. The van der Waals surface area contributed by atoms with Crippen LogP contribution in [0.4, 0.5) is 11.4 Å². The summed E-state index contributed by atoms with van der Waals surface area (Å²) in [4.78, 5) is 21.9. The number of carboxylic acid groups (broad SMARTS) is 2. The summed E-state index contributed by atoms with van der Waals surface area (Å²) >= 11 is 0. The number of aliphatic carboxylic acids is 1. The quantitative estimate of drug-likeness (QED) is 0.759. The average molecular weight is 285 g/mol. The first-order valence-electron chi connectivity index (χ1n) is 6.47. The smallest absolute Gasteiger partial charge is 0.337 e. The van der Waals surface area contributed by atoms with Crippen molar-refractivity contribution < 1.29 is 19.8 Å². The Morgan fingerprint density at radius 2 is 1.52 bits per heavy atom. The third-order valence-corrected chi connectivity index (χ3v) is 3.05. The number of benzene rings is 2. The van der Waals surface area contributed by atoms with Crippen LogP contribution in [0.3, 0.4) is 0 Å². The Morgan fingerprint density at radius 1 is 0.905 bits per heavy atom. The Labute approximate surface area is 121 Å². The first-order chi connectivity index (χ1) is 10.1. The minimum Gasteiger partial charge on any atom is -0.481 e. The van der Waals surface area contributed by atoms with Crippen LogP contribution in [0.15, 0.2) is 48.5 Å². The molecular weight excluding hydrogens is 270 g/mol. The molecule has 5 nitrogen and oxygen atoms in total. The topological polar surface area (TPSA) is 86.6 Å². The highest BCUT2D eigenvalue weighted by molar-refractivity contribution is 5.95. The molecular formula is C16H15NO4. The molecule has 21 heavy (non-hydrogen) atoms. The highest BCUT2D eigenvalue weighted by atomic mass is 16.4. The van der Waals surface area contributed by atoms with Gasteiger partial charge in [-0.05, 0) is 30.2 Å². The van der Waals surface area contributed by atoms with Gasteiger partial charge in [-0.25, -0.2) is 4.79 Å². The Morgan fingerprint density at radius 3 is 2.19 bits per heavy atom. The molecule has 0 radical (unpaired) electrons. The van der Waals surface area contributed by atoms with E-state index >= 15 is 0 Å². The van der Waals surface area contributed by atoms with Gasteiger partial charge in [0.1, 0.15) is 0 Å². The lowest BCUT2D eigenvalue weighted by Crippen LogP contribution is -2.05. The van der Waals surface area contributed by atoms with Gasteiger partial charge in [-0.2, -0.15) is 0 Å². The molecule has 0 aliphatic heterocycles. The van der Waals surface area contributed by atoms with Crippen molar-refractivity contribution in [2.24, 2.45) is 0 Å². The van der Waals surface area contributed by atoms with E-state index in [9.17, 15) is 14.7 Å². The molecule has 3 N–H and O–H groups in total. The van der Waals surface area contributed by atoms with Gasteiger partial charge in [0.25, 0.3) is 0 Å². The number of aryl methyl sites for hydroxylation is 1. The van der Waals surface area contributed by atoms with Gasteiger partial charge in [0.15, 0.2) is 0 Å². The summed E-state index contributed by atoms with van der Waals surface area (Å²) in [6, 6.07) is 13.9. The number of hydrogen-bond acceptors (Lipinski definition) is 3. The molecule has 0 saturated carbocycles. The summed E-state index contributed by atoms with van der Waals surface area (Å²) in [6.07, 6.45) is 0.410. The van der Waals surface area contributed by atoms with Crippen molar-refractivity contribution >= 4 is 23.3 Å². The fourth-order valence-corrected chi connectivity index (χ4v) is 2.03. The molecule has 0 aliphatic rings. The minimum atomic E-state index is -1.01. The molecule has 2 aromatic rings. The van der Waals surface area contributed by atoms with Crippen molar-refractivity contribution in [1.29, 1.82) is 0 Å². The summed E-state index contributed by atoms with van der Waals surface area (Å²) in [5, 5.41) is 21.0. The Kier molecular flexibility index (Phi) is 4.56. The molecule has 0 spiro atoms. The van der Waals surface area contributed by atoms with E-state index in [1.165, 1.54) is 6.07 Å². The number of carbonyl (C=O) groups is 2. The van der Waals surface area contributed by atoms with Crippen molar-refractivity contribution in [3.8, 4) is 0 Å². The zero-order valence-corrected chi connectivity index (χ0v) is 11.2. The summed E-state index contributed by atoms with van der Waals surface area (Å²) in [7, 11) is 0. The zero-order valence-electron chi connectivity index (χ0n) is 11.2. The summed E-state index contributed by atoms with van der Waals surface area (Å²) in [5.74, 6) is -1.88. The van der Waals surface area contributed by atoms with E-state index < -0.39 is 11.9 Å². The minimum absolute atomic E-state index is 0.0271. The Hall–Kier alpha value is -2.82. The third kappa shape index (κ3) is 3.82. The molecule has 5 heteroatoms. The van der Waals surface area contributed by atoms with E-state index in [2.05, 4.69) is 5.32 Å². The molecule has 0 bridgehead atoms. The summed E-state index contributed by atoms with van der Waals surface area (Å²) < 4.78 is 0. The number of para-hydroxylation sites is 2. The van der Waals surface area contributed by atoms with Crippen LogP contribution in [0.1, 0.15) is 22.3 Å². The van der Waals surface area contributed by atoms with E-state index in [1.807, 2.05) is 18.2 Å². The number of rotatable bonds is 6. The molecule has 0 unspecified atom stereocenters. The molecule has 0 amide bonds. The highest BCUT2D eigenvalue weighted by Gasteiger charge is 2.11. The van der Waals surface area contributed by atoms with Gasteiger partial charge in [0.2, 0.25) is 0 Å². The van der Waals surface area contributed by atoms with Crippen molar-refractivity contribution in [1.82, 2.24) is 0 Å². The summed E-state index contributed by atoms with van der Waals surface area (Å²) in [6.45, 7) is 0. The van der Waals surface area contributed by atoms with Crippen LogP contribution >= 0.6 is 0 Å². The van der Waals surface area contributed by atoms with Gasteiger partial charge in [-0.1, -0.05) is 30.3 Å². The van der Waals surface area contributed by atoms with Crippen LogP contribution in [0.2, 0.25) is 0 Å². The normalized spacial score (nSPS) is 10.1. The maximum atomic E-state index is 11.2. The van der Waals surface area contributed by atoms with E-state index in [-0.39, 0.29) is 12.0 Å². The van der Waals surface area contributed by atoms with Gasteiger partial charge in [0.05, 0.1) is 11.3 Å². The van der Waals surface area contributed by atoms with Gasteiger partial charge in [-0.3, -0.25) is 4.79 Å². The molecule has 0 aliphatic carbocycles. The lowest BCUT2D eigenvalue weighted by molar-refractivity contribution is -0.136. The SMILES string of the molecule is O=C(O)CCc1ccccc1Nc1ccccc1C(=O)O. The standard InChI is InChI=1S/C16H15NO4/c18-15(19)10-9-11-5-1-3-7-13(11)17-14-8-4-2-6-12(14)16(20)21/h1-8,17H,9-10H2,(H,18,19)(H,20,21). The number of hydrogen-bond donors (Lipinski definition) is 3. The van der Waals surface area contributed by atoms with Crippen LogP contribution < -0.4 is 5.32 Å². The van der Waals surface area contributed by atoms with E-state index in [0.29, 0.717) is 17.8 Å². The largest absolute Gasteiger partial charge is 0.481 e. The van der Waals surface area contributed by atoms with Crippen LogP contribution in [0, 0.1) is 0 Å². The van der Waals surface area contributed by atoms with Crippen molar-refractivity contribution in [3.63, 3.8) is 0 Å².